The summed E-state index contributed by atoms with van der Waals surface area (Å²) >= 11 is 0. The average molecular weight is 302 g/mol. The van der Waals surface area contributed by atoms with E-state index in [1.54, 1.807) is 6.20 Å². The lowest BCUT2D eigenvalue weighted by molar-refractivity contribution is 0.0474. The molecule has 1 atom stereocenters. The van der Waals surface area contributed by atoms with Crippen molar-refractivity contribution in [3.8, 4) is 0 Å². The summed E-state index contributed by atoms with van der Waals surface area (Å²) in [4.78, 5) is 24.4. The molecule has 1 amide bonds. The molecular weight excluding hydrogens is 280 g/mol. The molecule has 0 aliphatic carbocycles. The Morgan fingerprint density at radius 1 is 1.41 bits per heavy atom. The van der Waals surface area contributed by atoms with Gasteiger partial charge >= 0.3 is 0 Å². The maximum Gasteiger partial charge on any atom is 0.274 e. The monoisotopic (exact) mass is 302 g/mol. The number of piperazine rings is 1. The van der Waals surface area contributed by atoms with Gasteiger partial charge < -0.3 is 9.88 Å². The van der Waals surface area contributed by atoms with Crippen LogP contribution < -0.4 is 0 Å². The fourth-order valence-corrected chi connectivity index (χ4v) is 2.92. The van der Waals surface area contributed by atoms with Crippen LogP contribution in [-0.4, -0.2) is 62.1 Å². The lowest BCUT2D eigenvalue weighted by Gasteiger charge is -2.39. The Morgan fingerprint density at radius 2 is 2.27 bits per heavy atom. The Labute approximate surface area is 129 Å². The largest absolute Gasteiger partial charge is 0.347 e. The Bertz CT molecular complexity index is 620. The Morgan fingerprint density at radius 3 is 2.91 bits per heavy atom. The first-order chi connectivity index (χ1) is 10.7. The summed E-state index contributed by atoms with van der Waals surface area (Å²) in [6, 6.07) is 1.96. The highest BCUT2D eigenvalue weighted by atomic mass is 16.2. The topological polar surface area (TPSA) is 80.9 Å². The van der Waals surface area contributed by atoms with E-state index in [0.29, 0.717) is 12.2 Å². The van der Waals surface area contributed by atoms with Crippen LogP contribution in [0.3, 0.4) is 0 Å². The number of likely N-dealkylation sites (N-methyl/N-ethyl adjacent to an activating group) is 1. The molecule has 0 saturated carbocycles. The van der Waals surface area contributed by atoms with Gasteiger partial charge in [0.25, 0.3) is 5.91 Å². The summed E-state index contributed by atoms with van der Waals surface area (Å²) in [7, 11) is 0. The van der Waals surface area contributed by atoms with E-state index >= 15 is 0 Å². The third-order valence-corrected chi connectivity index (χ3v) is 4.25. The molecule has 7 heteroatoms. The van der Waals surface area contributed by atoms with Crippen molar-refractivity contribution in [2.24, 2.45) is 0 Å². The molecule has 1 aliphatic heterocycles. The fourth-order valence-electron chi connectivity index (χ4n) is 2.92. The van der Waals surface area contributed by atoms with Crippen molar-refractivity contribution in [2.75, 3.05) is 26.2 Å². The molecule has 22 heavy (non-hydrogen) atoms. The second-order valence-corrected chi connectivity index (χ2v) is 5.50. The maximum absolute atomic E-state index is 12.6. The van der Waals surface area contributed by atoms with Gasteiger partial charge in [-0.2, -0.15) is 5.10 Å². The van der Waals surface area contributed by atoms with Gasteiger partial charge in [0.15, 0.2) is 0 Å². The summed E-state index contributed by atoms with van der Waals surface area (Å²) in [5, 5.41) is 7.04. The molecule has 0 radical (unpaired) electrons. The number of aryl methyl sites for hydroxylation is 1. The standard InChI is InChI=1S/C15H22N6O/c1-3-11-9-12(19-18-11)15(22)21-8-7-20(4-2)13(10-21)14-16-5-6-17-14/h5-6,9,13H,3-4,7-8,10H2,1-2H3,(H,16,17)(H,18,19)/t13-/m1/s1. The molecule has 7 nitrogen and oxygen atoms in total. The number of nitrogens with zero attached hydrogens (tertiary/aromatic N) is 4. The summed E-state index contributed by atoms with van der Waals surface area (Å²) < 4.78 is 0. The molecule has 0 bridgehead atoms. The number of carbonyl (C=O) groups excluding carboxylic acids is 1. The van der Waals surface area contributed by atoms with E-state index in [4.69, 9.17) is 0 Å². The van der Waals surface area contributed by atoms with E-state index in [1.165, 1.54) is 0 Å². The lowest BCUT2D eigenvalue weighted by atomic mass is 10.1. The summed E-state index contributed by atoms with van der Waals surface area (Å²) in [6.07, 6.45) is 4.43. The van der Waals surface area contributed by atoms with Gasteiger partial charge in [-0.25, -0.2) is 4.98 Å². The molecule has 0 spiro atoms. The van der Waals surface area contributed by atoms with Crippen molar-refractivity contribution in [1.29, 1.82) is 0 Å². The van der Waals surface area contributed by atoms with Gasteiger partial charge in [-0.05, 0) is 19.0 Å². The molecule has 3 rings (SSSR count). The first-order valence-electron chi connectivity index (χ1n) is 7.79. The van der Waals surface area contributed by atoms with Crippen molar-refractivity contribution in [3.05, 3.63) is 35.7 Å². The minimum absolute atomic E-state index is 0.0109. The van der Waals surface area contributed by atoms with E-state index in [9.17, 15) is 4.79 Å². The minimum atomic E-state index is -0.0109. The number of imidazole rings is 1. The maximum atomic E-state index is 12.6. The van der Waals surface area contributed by atoms with Crippen LogP contribution in [0, 0.1) is 0 Å². The van der Waals surface area contributed by atoms with Gasteiger partial charge in [0.05, 0.1) is 6.04 Å². The van der Waals surface area contributed by atoms with Crippen LogP contribution in [0.25, 0.3) is 0 Å². The normalized spacial score (nSPS) is 19.5. The Hall–Kier alpha value is -2.15. The first-order valence-corrected chi connectivity index (χ1v) is 7.79. The van der Waals surface area contributed by atoms with Gasteiger partial charge in [0.2, 0.25) is 0 Å². The number of nitrogens with one attached hydrogen (secondary N) is 2. The van der Waals surface area contributed by atoms with Gasteiger partial charge in [-0.15, -0.1) is 0 Å². The number of carbonyl (C=O) groups is 1. The third kappa shape index (κ3) is 2.76. The van der Waals surface area contributed by atoms with Gasteiger partial charge in [0.1, 0.15) is 11.5 Å². The van der Waals surface area contributed by atoms with Crippen LogP contribution in [-0.2, 0) is 6.42 Å². The van der Waals surface area contributed by atoms with Crippen molar-refractivity contribution in [2.45, 2.75) is 26.3 Å². The second kappa shape index (κ2) is 6.31. The lowest BCUT2D eigenvalue weighted by Crippen LogP contribution is -2.50. The van der Waals surface area contributed by atoms with E-state index in [2.05, 4.69) is 32.0 Å². The van der Waals surface area contributed by atoms with Crippen LogP contribution in [0.1, 0.15) is 41.9 Å². The molecule has 0 unspecified atom stereocenters. The average Bonchev–Trinajstić information content (AvgIpc) is 3.24. The molecule has 2 N–H and O–H groups in total. The number of amides is 1. The number of aromatic nitrogens is 4. The second-order valence-electron chi connectivity index (χ2n) is 5.50. The van der Waals surface area contributed by atoms with Crippen molar-refractivity contribution >= 4 is 5.91 Å². The van der Waals surface area contributed by atoms with Gasteiger partial charge in [-0.1, -0.05) is 13.8 Å². The van der Waals surface area contributed by atoms with Crippen LogP contribution in [0.4, 0.5) is 0 Å². The number of aromatic amines is 2. The smallest absolute Gasteiger partial charge is 0.274 e. The summed E-state index contributed by atoms with van der Waals surface area (Å²) in [6.45, 7) is 7.31. The number of H-pyrrole nitrogens is 2. The first kappa shape index (κ1) is 14.8. The fraction of sp³-hybridized carbons (Fsp3) is 0.533. The molecule has 1 saturated heterocycles. The van der Waals surface area contributed by atoms with Crippen LogP contribution in [0.2, 0.25) is 0 Å². The zero-order valence-electron chi connectivity index (χ0n) is 13.0. The minimum Gasteiger partial charge on any atom is -0.347 e. The van der Waals surface area contributed by atoms with E-state index in [0.717, 1.165) is 37.6 Å². The molecule has 0 aromatic carbocycles. The van der Waals surface area contributed by atoms with E-state index in [1.807, 2.05) is 24.1 Å². The van der Waals surface area contributed by atoms with Gasteiger partial charge in [0, 0.05) is 37.7 Å². The highest BCUT2D eigenvalue weighted by molar-refractivity contribution is 5.92. The SMILES string of the molecule is CCc1cc(C(=O)N2CCN(CC)[C@@H](c3ncc[nH]3)C2)n[nH]1. The zero-order valence-corrected chi connectivity index (χ0v) is 13.0. The quantitative estimate of drug-likeness (QED) is 0.889. The van der Waals surface area contributed by atoms with Crippen molar-refractivity contribution in [1.82, 2.24) is 30.0 Å². The van der Waals surface area contributed by atoms with E-state index < -0.39 is 0 Å². The van der Waals surface area contributed by atoms with Gasteiger partial charge in [-0.3, -0.25) is 14.8 Å². The number of hydrogen-bond acceptors (Lipinski definition) is 4. The van der Waals surface area contributed by atoms with Crippen molar-refractivity contribution in [3.63, 3.8) is 0 Å². The highest BCUT2D eigenvalue weighted by Crippen LogP contribution is 2.23. The van der Waals surface area contributed by atoms with Crippen LogP contribution >= 0.6 is 0 Å². The molecule has 1 fully saturated rings. The molecular formula is C15H22N6O. The molecule has 118 valence electrons. The zero-order chi connectivity index (χ0) is 15.5. The molecule has 2 aromatic heterocycles. The summed E-state index contributed by atoms with van der Waals surface area (Å²) in [5.74, 6) is 0.902. The van der Waals surface area contributed by atoms with E-state index in [-0.39, 0.29) is 11.9 Å². The predicted molar refractivity (Wildman–Crippen MR) is 82.4 cm³/mol. The number of rotatable bonds is 4. The molecule has 2 aromatic rings. The molecule has 1 aliphatic rings. The summed E-state index contributed by atoms with van der Waals surface area (Å²) in [5.41, 5.74) is 1.48. The van der Waals surface area contributed by atoms with Crippen molar-refractivity contribution < 1.29 is 4.79 Å². The Balaban J connectivity index is 1.76. The van der Waals surface area contributed by atoms with Crippen LogP contribution in [0.5, 0.6) is 0 Å². The predicted octanol–water partition coefficient (Wildman–Crippen LogP) is 1.21. The number of hydrogen-bond donors (Lipinski definition) is 2. The highest BCUT2D eigenvalue weighted by Gasteiger charge is 2.32. The Kier molecular flexibility index (Phi) is 4.24. The third-order valence-electron chi connectivity index (χ3n) is 4.25. The van der Waals surface area contributed by atoms with Crippen LogP contribution in [0.15, 0.2) is 18.5 Å². The molecule has 3 heterocycles.